The Bertz CT molecular complexity index is 1390. The van der Waals surface area contributed by atoms with Crippen molar-refractivity contribution in [1.82, 2.24) is 14.8 Å². The Labute approximate surface area is 250 Å². The molecule has 0 N–H and O–H groups in total. The van der Waals surface area contributed by atoms with E-state index in [4.69, 9.17) is 32.7 Å². The highest BCUT2D eigenvalue weighted by Gasteiger charge is 2.46. The van der Waals surface area contributed by atoms with Crippen LogP contribution >= 0.6 is 23.2 Å². The van der Waals surface area contributed by atoms with Crippen LogP contribution in [-0.4, -0.2) is 95.7 Å². The summed E-state index contributed by atoms with van der Waals surface area (Å²) in [7, 11) is 2.65. The number of aliphatic imine (C=N–C) groups is 1. The summed E-state index contributed by atoms with van der Waals surface area (Å²) in [4.78, 5) is 52.9. The maximum absolute atomic E-state index is 13.5. The van der Waals surface area contributed by atoms with Gasteiger partial charge in [-0.2, -0.15) is 0 Å². The first kappa shape index (κ1) is 30.8. The number of aromatic nitrogens is 1. The minimum Gasteiger partial charge on any atom is -0.468 e. The largest absolute Gasteiger partial charge is 0.468 e. The van der Waals surface area contributed by atoms with Crippen molar-refractivity contribution in [3.63, 3.8) is 0 Å². The van der Waals surface area contributed by atoms with Crippen LogP contribution in [-0.2, 0) is 34.7 Å². The van der Waals surface area contributed by atoms with Crippen LogP contribution in [0.5, 0.6) is 0 Å². The summed E-state index contributed by atoms with van der Waals surface area (Å²) in [6, 6.07) is 9.78. The molecule has 0 spiro atoms. The quantitative estimate of drug-likeness (QED) is 0.413. The van der Waals surface area contributed by atoms with E-state index in [1.165, 1.54) is 20.4 Å². The number of methoxy groups -OCH3 is 2. The summed E-state index contributed by atoms with van der Waals surface area (Å²) in [5.41, 5.74) is 0.468. The monoisotopic (exact) mass is 620 g/mol. The third kappa shape index (κ3) is 6.86. The van der Waals surface area contributed by atoms with E-state index in [0.29, 0.717) is 26.2 Å². The molecule has 2 aliphatic rings. The Morgan fingerprint density at radius 3 is 2.27 bits per heavy atom. The van der Waals surface area contributed by atoms with Gasteiger partial charge in [0.2, 0.25) is 5.91 Å². The first-order valence-electron chi connectivity index (χ1n) is 12.8. The van der Waals surface area contributed by atoms with Gasteiger partial charge in [-0.25, -0.2) is 9.78 Å². The smallest absolute Gasteiger partial charge is 0.336 e. The van der Waals surface area contributed by atoms with Crippen molar-refractivity contribution < 1.29 is 28.1 Å². The molecule has 0 saturated carbocycles. The molecule has 0 aliphatic carbocycles. The Hall–Kier alpha value is -3.12. The van der Waals surface area contributed by atoms with Gasteiger partial charge in [-0.05, 0) is 36.9 Å². The lowest BCUT2D eigenvalue weighted by Gasteiger charge is -2.35. The van der Waals surface area contributed by atoms with Crippen molar-refractivity contribution in [2.45, 2.75) is 17.4 Å². The molecule has 13 heteroatoms. The van der Waals surface area contributed by atoms with Gasteiger partial charge in [0, 0.05) is 54.1 Å². The number of nitrogens with zero attached hydrogens (tertiary/aromatic N) is 4. The van der Waals surface area contributed by atoms with E-state index in [-0.39, 0.29) is 55.7 Å². The zero-order valence-corrected chi connectivity index (χ0v) is 25.2. The lowest BCUT2D eigenvalue weighted by molar-refractivity contribution is -0.143. The summed E-state index contributed by atoms with van der Waals surface area (Å²) in [6.07, 6.45) is 1.28. The molecule has 0 bridgehead atoms. The lowest BCUT2D eigenvalue weighted by atomic mass is 9.74. The molecule has 3 unspecified atom stereocenters. The molecule has 2 aliphatic heterocycles. The van der Waals surface area contributed by atoms with Crippen LogP contribution in [0.25, 0.3) is 0 Å². The maximum Gasteiger partial charge on any atom is 0.336 e. The normalized spacial score (nSPS) is 20.3. The topological polar surface area (TPSA) is 118 Å². The number of pyridine rings is 1. The molecule has 218 valence electrons. The van der Waals surface area contributed by atoms with Gasteiger partial charge >= 0.3 is 11.9 Å². The highest BCUT2D eigenvalue weighted by Crippen LogP contribution is 2.46. The average molecular weight is 622 g/mol. The summed E-state index contributed by atoms with van der Waals surface area (Å²) in [6.45, 7) is 2.45. The van der Waals surface area contributed by atoms with E-state index in [1.807, 2.05) is 7.05 Å². The van der Waals surface area contributed by atoms with Gasteiger partial charge in [0.15, 0.2) is 0 Å². The fourth-order valence-corrected chi connectivity index (χ4v) is 6.63. The van der Waals surface area contributed by atoms with Crippen molar-refractivity contribution in [2.75, 3.05) is 53.2 Å². The van der Waals surface area contributed by atoms with Crippen LogP contribution in [0, 0.1) is 5.92 Å². The molecule has 1 aromatic carbocycles. The van der Waals surface area contributed by atoms with Gasteiger partial charge in [0.1, 0.15) is 10.9 Å². The third-order valence-corrected chi connectivity index (χ3v) is 8.99. The van der Waals surface area contributed by atoms with Gasteiger partial charge in [-0.15, -0.1) is 0 Å². The van der Waals surface area contributed by atoms with Crippen LogP contribution in [0.4, 0.5) is 0 Å². The second-order valence-corrected chi connectivity index (χ2v) is 11.8. The number of carbonyl (C=O) groups excluding carboxylic acids is 3. The van der Waals surface area contributed by atoms with Gasteiger partial charge in [-0.3, -0.25) is 18.8 Å². The summed E-state index contributed by atoms with van der Waals surface area (Å²) in [5.74, 6) is -4.36. The maximum atomic E-state index is 13.5. The number of benzene rings is 1. The molecular formula is C28H30Cl2N4O6S. The number of amides is 1. The highest BCUT2D eigenvalue weighted by molar-refractivity contribution is 7.85. The van der Waals surface area contributed by atoms with Crippen molar-refractivity contribution in [3.8, 4) is 0 Å². The molecule has 1 fully saturated rings. The second kappa shape index (κ2) is 13.7. The molecule has 4 rings (SSSR count). The zero-order chi connectivity index (χ0) is 29.7. The third-order valence-electron chi connectivity index (χ3n) is 7.09. The van der Waals surface area contributed by atoms with E-state index in [1.54, 1.807) is 41.3 Å². The molecular weight excluding hydrogens is 591 g/mol. The molecule has 41 heavy (non-hydrogen) atoms. The second-order valence-electron chi connectivity index (χ2n) is 9.59. The molecule has 10 nitrogen and oxygen atoms in total. The number of piperazine rings is 1. The SMILES string of the molecule is COC(=O)C1=C(CS(=O)c2ccccn2)N=C(CC(=O)N2CCN(C)CC2)C(C(=O)OC)C1c1c(Cl)cccc1Cl. The Balaban J connectivity index is 1.90. The minimum atomic E-state index is -1.73. The standard InChI is InChI=1S/C28H30Cl2N4O6S/c1-33-11-13-34(14-12-33)22(35)15-19-24(27(36)39-2)26(23-17(29)7-6-8-18(23)30)25(28(37)40-3)20(32-19)16-41(38)21-9-4-5-10-31-21/h4-10,24,26H,11-16H2,1-3H3. The molecule has 1 amide bonds. The number of esters is 2. The van der Waals surface area contributed by atoms with E-state index in [2.05, 4.69) is 14.9 Å². The van der Waals surface area contributed by atoms with Gasteiger partial charge in [0.25, 0.3) is 0 Å². The summed E-state index contributed by atoms with van der Waals surface area (Å²) in [5, 5.41) is 0.654. The lowest BCUT2D eigenvalue weighted by Crippen LogP contribution is -2.48. The molecule has 1 aromatic heterocycles. The summed E-state index contributed by atoms with van der Waals surface area (Å²) >= 11 is 13.3. The number of rotatable bonds is 8. The number of hydrogen-bond donors (Lipinski definition) is 0. The minimum absolute atomic E-state index is 0.0435. The van der Waals surface area contributed by atoms with Gasteiger partial charge in [-0.1, -0.05) is 35.3 Å². The van der Waals surface area contributed by atoms with E-state index >= 15 is 0 Å². The van der Waals surface area contributed by atoms with Crippen LogP contribution < -0.4 is 0 Å². The predicted octanol–water partition coefficient (Wildman–Crippen LogP) is 3.11. The van der Waals surface area contributed by atoms with Gasteiger partial charge in [0.05, 0.1) is 48.5 Å². The van der Waals surface area contributed by atoms with Crippen LogP contribution in [0.2, 0.25) is 10.0 Å². The number of halogens is 2. The predicted molar refractivity (Wildman–Crippen MR) is 155 cm³/mol. The van der Waals surface area contributed by atoms with E-state index in [9.17, 15) is 18.6 Å². The van der Waals surface area contributed by atoms with E-state index in [0.717, 1.165) is 0 Å². The fraction of sp³-hybridized carbons (Fsp3) is 0.393. The van der Waals surface area contributed by atoms with Crippen molar-refractivity contribution in [3.05, 3.63) is 69.5 Å². The summed E-state index contributed by atoms with van der Waals surface area (Å²) < 4.78 is 23.7. The highest BCUT2D eigenvalue weighted by atomic mass is 35.5. The van der Waals surface area contributed by atoms with Gasteiger partial charge < -0.3 is 19.3 Å². The Morgan fingerprint density at radius 2 is 1.68 bits per heavy atom. The van der Waals surface area contributed by atoms with Crippen molar-refractivity contribution >= 4 is 57.6 Å². The first-order valence-corrected chi connectivity index (χ1v) is 14.9. The van der Waals surface area contributed by atoms with Crippen molar-refractivity contribution in [2.24, 2.45) is 10.9 Å². The van der Waals surface area contributed by atoms with Crippen LogP contribution in [0.15, 0.2) is 63.9 Å². The average Bonchev–Trinajstić information content (AvgIpc) is 2.97. The first-order chi connectivity index (χ1) is 19.7. The molecule has 3 heterocycles. The molecule has 3 atom stereocenters. The van der Waals surface area contributed by atoms with E-state index < -0.39 is 34.6 Å². The number of hydrogen-bond acceptors (Lipinski definition) is 9. The number of likely N-dealkylation sites (N-methyl/N-ethyl adjacent to an activating group) is 1. The van der Waals surface area contributed by atoms with Crippen LogP contribution in [0.1, 0.15) is 17.9 Å². The Kier molecular flexibility index (Phi) is 10.3. The van der Waals surface area contributed by atoms with Crippen LogP contribution in [0.3, 0.4) is 0 Å². The number of carbonyl (C=O) groups is 3. The zero-order valence-electron chi connectivity index (χ0n) is 22.8. The Morgan fingerprint density at radius 1 is 1.00 bits per heavy atom. The molecule has 1 saturated heterocycles. The van der Waals surface area contributed by atoms with Crippen molar-refractivity contribution in [1.29, 1.82) is 0 Å². The number of ether oxygens (including phenoxy) is 2. The molecule has 0 radical (unpaired) electrons. The molecule has 2 aromatic rings. The fourth-order valence-electron chi connectivity index (χ4n) is 4.98.